The zero-order chi connectivity index (χ0) is 11.0. The standard InChI is InChI=1S/C13H17NS2/c1-14-10(7-9-3-2-4-9)12-8-13-11(16-12)5-6-15-13/h5-6,8-10,14H,2-4,7H2,1H3. The molecule has 0 saturated heterocycles. The molecule has 1 saturated carbocycles. The van der Waals surface area contributed by atoms with Crippen molar-refractivity contribution in [2.45, 2.75) is 31.7 Å². The molecule has 1 aliphatic carbocycles. The molecule has 2 aromatic heterocycles. The topological polar surface area (TPSA) is 12.0 Å². The summed E-state index contributed by atoms with van der Waals surface area (Å²) in [5.74, 6) is 0.970. The van der Waals surface area contributed by atoms with Crippen molar-refractivity contribution in [1.29, 1.82) is 0 Å². The van der Waals surface area contributed by atoms with Gasteiger partial charge in [-0.25, -0.2) is 0 Å². The highest BCUT2D eigenvalue weighted by molar-refractivity contribution is 7.26. The predicted molar refractivity (Wildman–Crippen MR) is 73.5 cm³/mol. The lowest BCUT2D eigenvalue weighted by Crippen LogP contribution is -2.22. The Hall–Kier alpha value is -0.380. The van der Waals surface area contributed by atoms with E-state index in [-0.39, 0.29) is 0 Å². The quantitative estimate of drug-likeness (QED) is 0.848. The van der Waals surface area contributed by atoms with Crippen LogP contribution in [-0.4, -0.2) is 7.05 Å². The van der Waals surface area contributed by atoms with Gasteiger partial charge < -0.3 is 5.32 Å². The van der Waals surface area contributed by atoms with Crippen molar-refractivity contribution in [3.63, 3.8) is 0 Å². The first-order valence-electron chi connectivity index (χ1n) is 6.01. The van der Waals surface area contributed by atoms with Gasteiger partial charge in [-0.3, -0.25) is 0 Å². The summed E-state index contributed by atoms with van der Waals surface area (Å²) in [4.78, 5) is 1.52. The average Bonchev–Trinajstić information content (AvgIpc) is 2.76. The molecule has 1 fully saturated rings. The van der Waals surface area contributed by atoms with E-state index in [4.69, 9.17) is 0 Å². The van der Waals surface area contributed by atoms with Crippen molar-refractivity contribution < 1.29 is 0 Å². The fourth-order valence-corrected chi connectivity index (χ4v) is 4.64. The van der Waals surface area contributed by atoms with Crippen molar-refractivity contribution >= 4 is 32.1 Å². The van der Waals surface area contributed by atoms with E-state index in [9.17, 15) is 0 Å². The first-order valence-corrected chi connectivity index (χ1v) is 7.70. The summed E-state index contributed by atoms with van der Waals surface area (Å²) in [5.41, 5.74) is 0. The molecule has 86 valence electrons. The van der Waals surface area contributed by atoms with Crippen molar-refractivity contribution in [1.82, 2.24) is 5.32 Å². The van der Waals surface area contributed by atoms with E-state index in [1.54, 1.807) is 0 Å². The molecule has 1 atom stereocenters. The molecule has 2 heterocycles. The fourth-order valence-electron chi connectivity index (χ4n) is 2.39. The molecule has 0 radical (unpaired) electrons. The van der Waals surface area contributed by atoms with Gasteiger partial charge in [0.25, 0.3) is 0 Å². The van der Waals surface area contributed by atoms with Crippen LogP contribution in [-0.2, 0) is 0 Å². The van der Waals surface area contributed by atoms with Gasteiger partial charge in [-0.05, 0) is 36.9 Å². The normalized spacial score (nSPS) is 18.8. The third-order valence-electron chi connectivity index (χ3n) is 3.64. The van der Waals surface area contributed by atoms with Crippen LogP contribution in [0.2, 0.25) is 0 Å². The van der Waals surface area contributed by atoms with Crippen LogP contribution in [0.5, 0.6) is 0 Å². The molecule has 0 spiro atoms. The van der Waals surface area contributed by atoms with Crippen LogP contribution < -0.4 is 5.32 Å². The number of hydrogen-bond acceptors (Lipinski definition) is 3. The number of thiophene rings is 2. The largest absolute Gasteiger partial charge is 0.312 e. The zero-order valence-corrected chi connectivity index (χ0v) is 11.2. The van der Waals surface area contributed by atoms with E-state index in [1.807, 2.05) is 22.7 Å². The predicted octanol–water partition coefficient (Wildman–Crippen LogP) is 4.41. The highest BCUT2D eigenvalue weighted by Crippen LogP contribution is 2.39. The van der Waals surface area contributed by atoms with Crippen LogP contribution in [0, 0.1) is 5.92 Å². The van der Waals surface area contributed by atoms with E-state index in [0.717, 1.165) is 5.92 Å². The number of nitrogens with one attached hydrogen (secondary N) is 1. The van der Waals surface area contributed by atoms with Gasteiger partial charge >= 0.3 is 0 Å². The minimum absolute atomic E-state index is 0.579. The summed E-state index contributed by atoms with van der Waals surface area (Å²) in [6, 6.07) is 5.20. The van der Waals surface area contributed by atoms with Gasteiger partial charge in [0.05, 0.1) is 0 Å². The van der Waals surface area contributed by atoms with E-state index in [2.05, 4.69) is 29.9 Å². The summed E-state index contributed by atoms with van der Waals surface area (Å²) in [7, 11) is 2.09. The monoisotopic (exact) mass is 251 g/mol. The molecular weight excluding hydrogens is 234 g/mol. The highest BCUT2D eigenvalue weighted by atomic mass is 32.1. The average molecular weight is 251 g/mol. The minimum atomic E-state index is 0.579. The van der Waals surface area contributed by atoms with E-state index < -0.39 is 0 Å². The van der Waals surface area contributed by atoms with Crippen molar-refractivity contribution in [3.8, 4) is 0 Å². The fraction of sp³-hybridized carbons (Fsp3) is 0.538. The minimum Gasteiger partial charge on any atom is -0.312 e. The number of rotatable bonds is 4. The lowest BCUT2D eigenvalue weighted by molar-refractivity contribution is 0.267. The van der Waals surface area contributed by atoms with Crippen LogP contribution in [0.1, 0.15) is 36.6 Å². The Morgan fingerprint density at radius 3 is 2.94 bits per heavy atom. The Morgan fingerprint density at radius 2 is 2.31 bits per heavy atom. The van der Waals surface area contributed by atoms with Crippen molar-refractivity contribution in [3.05, 3.63) is 22.4 Å². The Kier molecular flexibility index (Phi) is 3.01. The second-order valence-corrected chi connectivity index (χ2v) is 6.73. The Morgan fingerprint density at radius 1 is 1.44 bits per heavy atom. The lowest BCUT2D eigenvalue weighted by atomic mass is 9.80. The lowest BCUT2D eigenvalue weighted by Gasteiger charge is -2.29. The van der Waals surface area contributed by atoms with Crippen LogP contribution in [0.3, 0.4) is 0 Å². The first-order chi connectivity index (χ1) is 7.86. The second kappa shape index (κ2) is 4.47. The third-order valence-corrected chi connectivity index (χ3v) is 5.85. The van der Waals surface area contributed by atoms with Crippen LogP contribution in [0.4, 0.5) is 0 Å². The molecule has 3 rings (SSSR count). The molecule has 0 amide bonds. The van der Waals surface area contributed by atoms with Crippen molar-refractivity contribution in [2.24, 2.45) is 5.92 Å². The number of hydrogen-bond donors (Lipinski definition) is 1. The second-order valence-electron chi connectivity index (χ2n) is 4.67. The van der Waals surface area contributed by atoms with E-state index >= 15 is 0 Å². The molecule has 1 unspecified atom stereocenters. The molecular formula is C13H17NS2. The third kappa shape index (κ3) is 1.92. The molecule has 1 nitrogen and oxygen atoms in total. The maximum Gasteiger partial charge on any atom is 0.0454 e. The smallest absolute Gasteiger partial charge is 0.0454 e. The van der Waals surface area contributed by atoms with Gasteiger partial charge in [0.1, 0.15) is 0 Å². The maximum absolute atomic E-state index is 3.48. The summed E-state index contributed by atoms with van der Waals surface area (Å²) in [6.07, 6.45) is 5.65. The Labute approximate surface area is 104 Å². The first kappa shape index (κ1) is 10.8. The molecule has 0 aliphatic heterocycles. The van der Waals surface area contributed by atoms with E-state index in [0.29, 0.717) is 6.04 Å². The van der Waals surface area contributed by atoms with Gasteiger partial charge in [0.2, 0.25) is 0 Å². The van der Waals surface area contributed by atoms with Crippen LogP contribution in [0.25, 0.3) is 9.40 Å². The van der Waals surface area contributed by atoms with E-state index in [1.165, 1.54) is 40.0 Å². The molecule has 3 heteroatoms. The summed E-state index contributed by atoms with van der Waals surface area (Å²) >= 11 is 3.82. The molecule has 2 aromatic rings. The van der Waals surface area contributed by atoms with Gasteiger partial charge in [0.15, 0.2) is 0 Å². The van der Waals surface area contributed by atoms with Gasteiger partial charge in [-0.1, -0.05) is 19.3 Å². The van der Waals surface area contributed by atoms with Crippen molar-refractivity contribution in [2.75, 3.05) is 7.05 Å². The van der Waals surface area contributed by atoms with Gasteiger partial charge in [0, 0.05) is 20.3 Å². The number of fused-ring (bicyclic) bond motifs is 1. The molecule has 1 aliphatic rings. The molecule has 0 aromatic carbocycles. The zero-order valence-electron chi connectivity index (χ0n) is 9.53. The molecule has 1 N–H and O–H groups in total. The highest BCUT2D eigenvalue weighted by Gasteiger charge is 2.23. The molecule has 16 heavy (non-hydrogen) atoms. The summed E-state index contributed by atoms with van der Waals surface area (Å²) < 4.78 is 2.91. The molecule has 0 bridgehead atoms. The van der Waals surface area contributed by atoms with Crippen LogP contribution in [0.15, 0.2) is 17.5 Å². The van der Waals surface area contributed by atoms with Crippen LogP contribution >= 0.6 is 22.7 Å². The maximum atomic E-state index is 3.48. The SMILES string of the molecule is CNC(CC1CCC1)c1cc2sccc2s1. The Balaban J connectivity index is 1.79. The summed E-state index contributed by atoms with van der Waals surface area (Å²) in [6.45, 7) is 0. The Bertz CT molecular complexity index is 438. The van der Waals surface area contributed by atoms with Gasteiger partial charge in [-0.2, -0.15) is 0 Å². The van der Waals surface area contributed by atoms with Gasteiger partial charge in [-0.15, -0.1) is 22.7 Å². The summed E-state index contributed by atoms with van der Waals surface area (Å²) in [5, 5.41) is 5.67.